The predicted molar refractivity (Wildman–Crippen MR) is 234 cm³/mol. The van der Waals surface area contributed by atoms with Gasteiger partial charge in [0.25, 0.3) is 5.91 Å². The smallest absolute Gasteiger partial charge is 0.258 e. The van der Waals surface area contributed by atoms with Crippen LogP contribution in [0.5, 0.6) is 23.0 Å². The van der Waals surface area contributed by atoms with Gasteiger partial charge in [0, 0.05) is 42.5 Å². The molecule has 5 aromatic rings. The number of benzene rings is 4. The van der Waals surface area contributed by atoms with Crippen molar-refractivity contribution < 1.29 is 28.2 Å². The number of amides is 2. The van der Waals surface area contributed by atoms with Crippen LogP contribution in [0.1, 0.15) is 48.8 Å². The van der Waals surface area contributed by atoms with E-state index in [0.717, 1.165) is 42.6 Å². The number of anilines is 1. The van der Waals surface area contributed by atoms with Crippen molar-refractivity contribution in [2.75, 3.05) is 38.7 Å². The van der Waals surface area contributed by atoms with Gasteiger partial charge in [-0.15, -0.1) is 0 Å². The first kappa shape index (κ1) is 41.6. The first-order valence-electron chi connectivity index (χ1n) is 19.8. The molecule has 0 bridgehead atoms. The van der Waals surface area contributed by atoms with E-state index in [1.54, 1.807) is 18.3 Å². The zero-order chi connectivity index (χ0) is 41.3. The molecule has 4 aromatic carbocycles. The van der Waals surface area contributed by atoms with Crippen LogP contribution in [0.4, 0.5) is 10.1 Å². The lowest BCUT2D eigenvalue weighted by Crippen LogP contribution is -2.35. The minimum Gasteiger partial charge on any atom is -0.490 e. The molecular formula is C46H46FN5O5S2. The number of pyridine rings is 1. The lowest BCUT2D eigenvalue weighted by atomic mass is 9.95. The highest BCUT2D eigenvalue weighted by atomic mass is 32.1. The molecule has 1 saturated heterocycles. The quantitative estimate of drug-likeness (QED) is 0.0784. The second kappa shape index (κ2) is 19.4. The van der Waals surface area contributed by atoms with Crippen molar-refractivity contribution >= 4 is 63.1 Å². The zero-order valence-electron chi connectivity index (χ0n) is 33.0. The van der Waals surface area contributed by atoms with Gasteiger partial charge in [-0.1, -0.05) is 61.5 Å². The molecule has 0 spiro atoms. The van der Waals surface area contributed by atoms with E-state index in [9.17, 15) is 9.59 Å². The number of thiocarbonyl (C=S) groups is 2. The molecule has 2 heterocycles. The molecule has 2 fully saturated rings. The molecule has 2 N–H and O–H groups in total. The predicted octanol–water partition coefficient (Wildman–Crippen LogP) is 8.93. The number of likely N-dealkylation sites (tertiary alicyclic amines) is 1. The number of hydrogen-bond acceptors (Lipinski definition) is 9. The van der Waals surface area contributed by atoms with Gasteiger partial charge >= 0.3 is 0 Å². The van der Waals surface area contributed by atoms with E-state index in [4.69, 9.17) is 26.4 Å². The van der Waals surface area contributed by atoms with Crippen LogP contribution < -0.4 is 24.8 Å². The Balaban J connectivity index is 1.05. The molecule has 3 atom stereocenters. The van der Waals surface area contributed by atoms with Gasteiger partial charge < -0.3 is 29.7 Å². The Kier molecular flexibility index (Phi) is 13.7. The summed E-state index contributed by atoms with van der Waals surface area (Å²) >= 11 is 9.88. The molecule has 2 aliphatic rings. The second-order valence-electron chi connectivity index (χ2n) is 15.5. The average Bonchev–Trinajstić information content (AvgIpc) is 3.75. The van der Waals surface area contributed by atoms with E-state index < -0.39 is 5.82 Å². The number of ether oxygens (including phenoxy) is 3. The fourth-order valence-electron chi connectivity index (χ4n) is 8.13. The number of hydrogen-bond donors (Lipinski definition) is 2. The van der Waals surface area contributed by atoms with Gasteiger partial charge in [-0.2, -0.15) is 4.99 Å². The monoisotopic (exact) mass is 831 g/mol. The number of fused-ring (bicyclic) bond motifs is 2. The Morgan fingerprint density at radius 1 is 0.915 bits per heavy atom. The van der Waals surface area contributed by atoms with Crippen molar-refractivity contribution in [2.45, 2.75) is 44.9 Å². The molecule has 7 rings (SSSR count). The zero-order valence-corrected chi connectivity index (χ0v) is 34.6. The van der Waals surface area contributed by atoms with Crippen LogP contribution in [0, 0.1) is 23.6 Å². The molecule has 10 nitrogen and oxygen atoms in total. The Labute approximate surface area is 354 Å². The largest absolute Gasteiger partial charge is 0.490 e. The molecule has 1 saturated carbocycles. The van der Waals surface area contributed by atoms with Crippen LogP contribution >= 0.6 is 24.4 Å². The number of aromatic nitrogens is 1. The third kappa shape index (κ3) is 11.1. The number of nitrogens with zero attached hydrogens (tertiary/aromatic N) is 3. The summed E-state index contributed by atoms with van der Waals surface area (Å²) in [5, 5.41) is 8.33. The summed E-state index contributed by atoms with van der Waals surface area (Å²) < 4.78 is 34.7. The van der Waals surface area contributed by atoms with Crippen molar-refractivity contribution in [3.8, 4) is 23.0 Å². The number of aliphatic imine (C=N–C) groups is 1. The molecule has 1 aromatic heterocycles. The summed E-state index contributed by atoms with van der Waals surface area (Å²) in [7, 11) is 2.19. The minimum absolute atomic E-state index is 0.00543. The van der Waals surface area contributed by atoms with Crippen LogP contribution in [0.2, 0.25) is 0 Å². The molecule has 0 radical (unpaired) electrons. The van der Waals surface area contributed by atoms with Crippen LogP contribution in [0.3, 0.4) is 0 Å². The summed E-state index contributed by atoms with van der Waals surface area (Å²) in [6.45, 7) is 5.35. The highest BCUT2D eigenvalue weighted by Crippen LogP contribution is 2.43. The van der Waals surface area contributed by atoms with E-state index in [2.05, 4.69) is 56.9 Å². The lowest BCUT2D eigenvalue weighted by molar-refractivity contribution is -0.119. The first-order valence-corrected chi connectivity index (χ1v) is 20.6. The Hall–Kier alpha value is -5.59. The molecule has 1 aliphatic carbocycles. The highest BCUT2D eigenvalue weighted by Gasteiger charge is 2.39. The maximum absolute atomic E-state index is 15.6. The number of rotatable bonds is 15. The first-order chi connectivity index (χ1) is 28.6. The van der Waals surface area contributed by atoms with Crippen molar-refractivity contribution in [1.29, 1.82) is 0 Å². The summed E-state index contributed by atoms with van der Waals surface area (Å²) in [4.78, 5) is 35.1. The van der Waals surface area contributed by atoms with Crippen LogP contribution in [0.15, 0.2) is 102 Å². The van der Waals surface area contributed by atoms with Crippen molar-refractivity contribution in [2.24, 2.45) is 22.7 Å². The Morgan fingerprint density at radius 2 is 1.68 bits per heavy atom. The molecule has 59 heavy (non-hydrogen) atoms. The number of isothiocyanates is 1. The fourth-order valence-corrected chi connectivity index (χ4v) is 8.46. The standard InChI is InChI=1S/C46H46FN5O5S2/c1-29(33-10-6-9-31(17-33)21-44(53)49-28-58)14-16-55-42-23-37-39(24-43(42)56-27-32-18-34-25-52(2)26-35(34)19-32)48-15-13-40(37)57-41-12-11-36(22-38(41)47)50-46(59)51-45(54)20-30-7-4-3-5-8-30/h3-13,15,17,22-24,29,32,34-35H,14,16,18-21,25-27H2,1-2H3,(H2,50,51,54,59). The summed E-state index contributed by atoms with van der Waals surface area (Å²) in [5.74, 6) is 2.28. The molecule has 304 valence electrons. The van der Waals surface area contributed by atoms with Crippen molar-refractivity contribution in [3.63, 3.8) is 0 Å². The SMILES string of the molecule is CC(CCOc1cc2c(Oc3ccc(NC(=S)NC(=O)Cc4ccccc4)cc3F)ccnc2cc1OCC1CC2CN(C)CC2C1)c1cccc(CC(=O)N=C=S)c1. The van der Waals surface area contributed by atoms with Gasteiger partial charge in [-0.3, -0.25) is 14.6 Å². The number of carbonyl (C=O) groups excluding carboxylic acids is 2. The lowest BCUT2D eigenvalue weighted by Gasteiger charge is -2.19. The van der Waals surface area contributed by atoms with Gasteiger partial charge in [-0.25, -0.2) is 4.39 Å². The van der Waals surface area contributed by atoms with E-state index in [1.807, 2.05) is 66.7 Å². The topological polar surface area (TPSA) is 114 Å². The van der Waals surface area contributed by atoms with Crippen LogP contribution in [0.25, 0.3) is 10.9 Å². The minimum atomic E-state index is -0.629. The maximum Gasteiger partial charge on any atom is 0.258 e. The van der Waals surface area contributed by atoms with E-state index in [1.165, 1.54) is 12.1 Å². The Bertz CT molecular complexity index is 2360. The third-order valence-electron chi connectivity index (χ3n) is 11.0. The summed E-state index contributed by atoms with van der Waals surface area (Å²) in [6.07, 6.45) is 4.91. The summed E-state index contributed by atoms with van der Waals surface area (Å²) in [6, 6.07) is 27.0. The van der Waals surface area contributed by atoms with E-state index >= 15 is 4.39 Å². The third-order valence-corrected chi connectivity index (χ3v) is 11.3. The summed E-state index contributed by atoms with van der Waals surface area (Å²) in [5.41, 5.74) is 3.75. The van der Waals surface area contributed by atoms with Gasteiger partial charge in [0.1, 0.15) is 5.75 Å². The molecule has 1 aliphatic heterocycles. The van der Waals surface area contributed by atoms with Crippen molar-refractivity contribution in [1.82, 2.24) is 15.2 Å². The van der Waals surface area contributed by atoms with Crippen molar-refractivity contribution in [3.05, 3.63) is 120 Å². The molecule has 13 heteroatoms. The number of halogens is 1. The molecular weight excluding hydrogens is 786 g/mol. The normalized spacial score (nSPS) is 17.7. The van der Waals surface area contributed by atoms with Gasteiger partial charge in [0.15, 0.2) is 28.2 Å². The number of carbonyl (C=O) groups is 2. The van der Waals surface area contributed by atoms with Gasteiger partial charge in [-0.05, 0) is 115 Å². The highest BCUT2D eigenvalue weighted by molar-refractivity contribution is 7.80. The molecule has 3 unspecified atom stereocenters. The van der Waals surface area contributed by atoms with Crippen LogP contribution in [-0.4, -0.2) is 65.3 Å². The Morgan fingerprint density at radius 3 is 2.44 bits per heavy atom. The maximum atomic E-state index is 15.6. The molecule has 2 amide bonds. The number of nitrogens with one attached hydrogen (secondary N) is 2. The van der Waals surface area contributed by atoms with E-state index in [-0.39, 0.29) is 41.4 Å². The van der Waals surface area contributed by atoms with Gasteiger partial charge in [0.2, 0.25) is 5.91 Å². The van der Waals surface area contributed by atoms with Crippen LogP contribution in [-0.2, 0) is 22.4 Å². The van der Waals surface area contributed by atoms with E-state index in [0.29, 0.717) is 71.2 Å². The fraction of sp³-hybridized carbons (Fsp3) is 0.326. The average molecular weight is 832 g/mol. The van der Waals surface area contributed by atoms with Gasteiger partial charge in [0.05, 0.1) is 36.7 Å². The second-order valence-corrected chi connectivity index (χ2v) is 16.1.